The number of aromatic nitrogens is 4. The number of aryl methyl sites for hydroxylation is 2. The average Bonchev–Trinajstić information content (AvgIpc) is 2.46. The summed E-state index contributed by atoms with van der Waals surface area (Å²) in [6.07, 6.45) is 0. The fraction of sp³-hybridized carbons (Fsp3) is 0.200. The van der Waals surface area contributed by atoms with Crippen LogP contribution in [0.25, 0.3) is 10.9 Å². The molecule has 2 aromatic heterocycles. The number of nitrogens with zero attached hydrogens (tertiary/aromatic N) is 4. The zero-order valence-electron chi connectivity index (χ0n) is 12.1. The minimum atomic E-state index is 0.598. The van der Waals surface area contributed by atoms with Crippen molar-refractivity contribution in [1.82, 2.24) is 19.9 Å². The van der Waals surface area contributed by atoms with E-state index in [1.165, 1.54) is 11.8 Å². The van der Waals surface area contributed by atoms with Gasteiger partial charge in [0.05, 0.1) is 5.52 Å². The first-order chi connectivity index (χ1) is 10.2. The van der Waals surface area contributed by atoms with Gasteiger partial charge in [-0.05, 0) is 37.7 Å². The van der Waals surface area contributed by atoms with E-state index >= 15 is 0 Å². The van der Waals surface area contributed by atoms with Crippen LogP contribution in [0.3, 0.4) is 0 Å². The van der Waals surface area contributed by atoms with Gasteiger partial charge >= 0.3 is 0 Å². The van der Waals surface area contributed by atoms with Gasteiger partial charge in [0.2, 0.25) is 5.95 Å². The minimum absolute atomic E-state index is 0.598. The molecule has 2 heterocycles. The lowest BCUT2D eigenvalue weighted by Crippen LogP contribution is -1.99. The Morgan fingerprint density at radius 1 is 0.952 bits per heavy atom. The summed E-state index contributed by atoms with van der Waals surface area (Å²) in [4.78, 5) is 17.9. The van der Waals surface area contributed by atoms with Crippen LogP contribution in [0, 0.1) is 13.8 Å². The van der Waals surface area contributed by atoms with E-state index in [0.29, 0.717) is 11.1 Å². The molecular weight excluding hydrogens is 282 g/mol. The maximum absolute atomic E-state index is 4.53. The molecule has 3 aromatic rings. The van der Waals surface area contributed by atoms with E-state index in [4.69, 9.17) is 0 Å². The topological polar surface area (TPSA) is 63.6 Å². The fourth-order valence-electron chi connectivity index (χ4n) is 2.06. The third-order valence-electron chi connectivity index (χ3n) is 2.94. The third kappa shape index (κ3) is 2.95. The zero-order chi connectivity index (χ0) is 14.8. The molecule has 0 aliphatic carbocycles. The van der Waals surface area contributed by atoms with E-state index in [-0.39, 0.29) is 0 Å². The predicted octanol–water partition coefficient (Wildman–Crippen LogP) is 3.23. The summed E-state index contributed by atoms with van der Waals surface area (Å²) in [5, 5.41) is 5.56. The second-order valence-corrected chi connectivity index (χ2v) is 5.61. The number of hydrogen-bond donors (Lipinski definition) is 1. The van der Waals surface area contributed by atoms with Crippen molar-refractivity contribution in [3.63, 3.8) is 0 Å². The largest absolute Gasteiger partial charge is 0.357 e. The van der Waals surface area contributed by atoms with Crippen LogP contribution >= 0.6 is 11.8 Å². The number of rotatable bonds is 3. The van der Waals surface area contributed by atoms with Crippen LogP contribution in [0.1, 0.15) is 11.4 Å². The number of nitrogens with one attached hydrogen (secondary N) is 1. The molecule has 3 rings (SSSR count). The molecule has 0 unspecified atom stereocenters. The van der Waals surface area contributed by atoms with E-state index < -0.39 is 0 Å². The third-order valence-corrected chi connectivity index (χ3v) is 3.81. The average molecular weight is 297 g/mol. The monoisotopic (exact) mass is 297 g/mol. The van der Waals surface area contributed by atoms with Crippen LogP contribution in [-0.2, 0) is 0 Å². The van der Waals surface area contributed by atoms with Gasteiger partial charge in [0.1, 0.15) is 5.03 Å². The van der Waals surface area contributed by atoms with Crippen molar-refractivity contribution in [3.8, 4) is 0 Å². The highest BCUT2D eigenvalue weighted by molar-refractivity contribution is 7.99. The maximum atomic E-state index is 4.53. The summed E-state index contributed by atoms with van der Waals surface area (Å²) < 4.78 is 0. The van der Waals surface area contributed by atoms with Gasteiger partial charge in [-0.25, -0.2) is 19.9 Å². The molecule has 0 saturated carbocycles. The van der Waals surface area contributed by atoms with E-state index in [9.17, 15) is 0 Å². The number of fused-ring (bicyclic) bond motifs is 1. The van der Waals surface area contributed by atoms with Gasteiger partial charge in [-0.2, -0.15) is 0 Å². The minimum Gasteiger partial charge on any atom is -0.357 e. The van der Waals surface area contributed by atoms with Gasteiger partial charge in [-0.15, -0.1) is 0 Å². The second kappa shape index (κ2) is 5.65. The Balaban J connectivity index is 2.10. The Morgan fingerprint density at radius 3 is 2.38 bits per heavy atom. The summed E-state index contributed by atoms with van der Waals surface area (Å²) in [6, 6.07) is 9.90. The Morgan fingerprint density at radius 2 is 1.67 bits per heavy atom. The summed E-state index contributed by atoms with van der Waals surface area (Å²) in [5.74, 6) is 0.598. The van der Waals surface area contributed by atoms with Gasteiger partial charge in [0.15, 0.2) is 5.16 Å². The van der Waals surface area contributed by atoms with E-state index in [0.717, 1.165) is 27.3 Å². The molecule has 0 radical (unpaired) electrons. The van der Waals surface area contributed by atoms with Crippen molar-refractivity contribution in [2.75, 3.05) is 12.4 Å². The molecule has 0 spiro atoms. The lowest BCUT2D eigenvalue weighted by molar-refractivity contribution is 0.899. The van der Waals surface area contributed by atoms with Crippen LogP contribution in [0.15, 0.2) is 40.5 Å². The fourth-order valence-corrected chi connectivity index (χ4v) is 3.03. The van der Waals surface area contributed by atoms with Crippen molar-refractivity contribution < 1.29 is 0 Å². The molecule has 6 heteroatoms. The Hall–Kier alpha value is -2.21. The number of anilines is 1. The Kier molecular flexibility index (Phi) is 3.70. The van der Waals surface area contributed by atoms with Crippen LogP contribution in [0.2, 0.25) is 0 Å². The van der Waals surface area contributed by atoms with Crippen LogP contribution in [-0.4, -0.2) is 27.0 Å². The normalized spacial score (nSPS) is 10.8. The van der Waals surface area contributed by atoms with Gasteiger partial charge in [0.25, 0.3) is 0 Å². The highest BCUT2D eigenvalue weighted by Gasteiger charge is 2.10. The van der Waals surface area contributed by atoms with Crippen LogP contribution in [0.4, 0.5) is 5.95 Å². The van der Waals surface area contributed by atoms with Crippen molar-refractivity contribution >= 4 is 28.6 Å². The van der Waals surface area contributed by atoms with Crippen molar-refractivity contribution in [2.24, 2.45) is 0 Å². The zero-order valence-corrected chi connectivity index (χ0v) is 12.9. The van der Waals surface area contributed by atoms with Crippen molar-refractivity contribution in [3.05, 3.63) is 41.7 Å². The SMILES string of the molecule is CNc1nc(Sc2nc(C)cc(C)n2)c2ccccc2n1. The summed E-state index contributed by atoms with van der Waals surface area (Å²) in [7, 11) is 1.81. The first kappa shape index (κ1) is 13.8. The molecule has 0 aliphatic heterocycles. The molecule has 21 heavy (non-hydrogen) atoms. The van der Waals surface area contributed by atoms with Gasteiger partial charge in [-0.3, -0.25) is 0 Å². The molecule has 0 aliphatic rings. The molecule has 0 fully saturated rings. The first-order valence-electron chi connectivity index (χ1n) is 6.60. The number of para-hydroxylation sites is 1. The quantitative estimate of drug-likeness (QED) is 0.591. The van der Waals surface area contributed by atoms with E-state index in [1.54, 1.807) is 0 Å². The van der Waals surface area contributed by atoms with Gasteiger partial charge < -0.3 is 5.32 Å². The summed E-state index contributed by atoms with van der Waals surface area (Å²) in [6.45, 7) is 3.94. The van der Waals surface area contributed by atoms with Gasteiger partial charge in [-0.1, -0.05) is 18.2 Å². The van der Waals surface area contributed by atoms with Crippen molar-refractivity contribution in [2.45, 2.75) is 24.0 Å². The van der Waals surface area contributed by atoms with Crippen LogP contribution in [0.5, 0.6) is 0 Å². The molecule has 0 saturated heterocycles. The number of benzene rings is 1. The van der Waals surface area contributed by atoms with Gasteiger partial charge in [0, 0.05) is 23.8 Å². The predicted molar refractivity (Wildman–Crippen MR) is 84.7 cm³/mol. The van der Waals surface area contributed by atoms with Crippen molar-refractivity contribution in [1.29, 1.82) is 0 Å². The molecule has 0 atom stereocenters. The molecule has 0 bridgehead atoms. The molecular formula is C15H15N5S. The highest BCUT2D eigenvalue weighted by Crippen LogP contribution is 2.30. The number of hydrogen-bond acceptors (Lipinski definition) is 6. The van der Waals surface area contributed by atoms with E-state index in [2.05, 4.69) is 25.3 Å². The summed E-state index contributed by atoms with van der Waals surface area (Å²) in [5.41, 5.74) is 2.82. The molecule has 1 aromatic carbocycles. The standard InChI is InChI=1S/C15H15N5S/c1-9-8-10(2)18-15(17-9)21-13-11-6-4-5-7-12(11)19-14(16-3)20-13/h4-8H,1-3H3,(H,16,19,20). The molecule has 5 nitrogen and oxygen atoms in total. The molecule has 1 N–H and O–H groups in total. The smallest absolute Gasteiger partial charge is 0.224 e. The molecule has 0 amide bonds. The Labute approximate surface area is 127 Å². The first-order valence-corrected chi connectivity index (χ1v) is 7.42. The van der Waals surface area contributed by atoms with Crippen LogP contribution < -0.4 is 5.32 Å². The summed E-state index contributed by atoms with van der Waals surface area (Å²) >= 11 is 1.46. The van der Waals surface area contributed by atoms with E-state index in [1.807, 2.05) is 51.2 Å². The Bertz CT molecular complexity index is 783. The molecule has 106 valence electrons. The second-order valence-electron chi connectivity index (χ2n) is 4.65. The lowest BCUT2D eigenvalue weighted by Gasteiger charge is -2.07. The highest BCUT2D eigenvalue weighted by atomic mass is 32.2. The maximum Gasteiger partial charge on any atom is 0.224 e. The lowest BCUT2D eigenvalue weighted by atomic mass is 10.2.